The second kappa shape index (κ2) is 35.5. The van der Waals surface area contributed by atoms with Crippen LogP contribution in [0.15, 0.2) is 171 Å². The number of nitrogens with two attached hydrogens (primary N) is 2. The minimum atomic E-state index is -0.546. The second-order valence-corrected chi connectivity index (χ2v) is 25.4. The first-order valence-corrected chi connectivity index (χ1v) is 34.1. The first-order chi connectivity index (χ1) is 50.9. The van der Waals surface area contributed by atoms with Gasteiger partial charge in [-0.1, -0.05) is 66.7 Å². The van der Waals surface area contributed by atoms with Crippen LogP contribution in [0.25, 0.3) is 28.2 Å². The number of fused-ring (bicyclic) bond motifs is 2. The van der Waals surface area contributed by atoms with Crippen LogP contribution in [0.5, 0.6) is 0 Å². The van der Waals surface area contributed by atoms with Crippen LogP contribution in [0, 0.1) is 11.6 Å². The molecule has 2 aliphatic carbocycles. The van der Waals surface area contributed by atoms with Gasteiger partial charge in [0.2, 0.25) is 23.0 Å². The smallest absolute Gasteiger partial charge is 0.337 e. The third-order valence-corrected chi connectivity index (χ3v) is 18.1. The maximum Gasteiger partial charge on any atom is 0.337 e. The Morgan fingerprint density at radius 3 is 1.48 bits per heavy atom. The number of hydrogen-bond donors (Lipinski definition) is 7. The summed E-state index contributed by atoms with van der Waals surface area (Å²) in [7, 11) is 8.72. The van der Waals surface area contributed by atoms with Crippen molar-refractivity contribution >= 4 is 74.9 Å². The Balaban J connectivity index is 0.000000155. The highest BCUT2D eigenvalue weighted by Crippen LogP contribution is 2.39. The SMILES string of the molecule is COC(=O)c1cccc(-n2cc(N)cn2)c1.COC[C@H](C(=O)Nc1cccc2c1CC=C2c1nc(Cl)ncc1F)N1CCN(C)CC1.COC[C@H](C(=O)Nc1cccc2c1CC=C2c1nc(Nc2cnn(-c3cccc(CO)c3)c2)ncc1F)N1CCN(C)CC1.Nc1cnn(-c2cccc(CO)c2)c1. The van der Waals surface area contributed by atoms with Crippen LogP contribution in [0.1, 0.15) is 55.1 Å². The maximum atomic E-state index is 15.2. The van der Waals surface area contributed by atoms with Crippen LogP contribution in [-0.2, 0) is 49.9 Å². The molecule has 0 bridgehead atoms. The average Bonchev–Trinajstić information content (AvgIpc) is 1.65. The Labute approximate surface area is 610 Å². The lowest BCUT2D eigenvalue weighted by Crippen LogP contribution is -2.54. The van der Waals surface area contributed by atoms with Crippen LogP contribution in [0.4, 0.5) is 43.2 Å². The van der Waals surface area contributed by atoms with Crippen molar-refractivity contribution in [2.45, 2.75) is 38.1 Å². The first-order valence-electron chi connectivity index (χ1n) is 33.7. The van der Waals surface area contributed by atoms with E-state index >= 15 is 4.39 Å². The highest BCUT2D eigenvalue weighted by Gasteiger charge is 2.33. The van der Waals surface area contributed by atoms with Gasteiger partial charge in [-0.15, -0.1) is 0 Å². The van der Waals surface area contributed by atoms with Gasteiger partial charge in [-0.25, -0.2) is 47.6 Å². The topological polar surface area (TPSA) is 325 Å². The highest BCUT2D eigenvalue weighted by molar-refractivity contribution is 6.28. The molecule has 0 spiro atoms. The van der Waals surface area contributed by atoms with Gasteiger partial charge in [-0.05, 0) is 127 Å². The summed E-state index contributed by atoms with van der Waals surface area (Å²) in [5.74, 6) is -1.46. The van der Waals surface area contributed by atoms with Gasteiger partial charge in [0, 0.05) is 89.1 Å². The highest BCUT2D eigenvalue weighted by atomic mass is 35.5. The monoisotopic (exact) mass is 1450 g/mol. The fraction of sp³-hybridized carbons (Fsp3) is 0.280. The largest absolute Gasteiger partial charge is 0.465 e. The first kappa shape index (κ1) is 75.2. The molecule has 2 saturated heterocycles. The number of halogens is 3. The molecule has 7 heterocycles. The number of carbonyl (C=O) groups excluding carboxylic acids is 3. The lowest BCUT2D eigenvalue weighted by atomic mass is 10.0. The third kappa shape index (κ3) is 18.9. The number of benzene rings is 5. The van der Waals surface area contributed by atoms with E-state index in [9.17, 15) is 23.9 Å². The molecule has 0 saturated carbocycles. The summed E-state index contributed by atoms with van der Waals surface area (Å²) in [5, 5.41) is 40.2. The fourth-order valence-electron chi connectivity index (χ4n) is 12.4. The van der Waals surface area contributed by atoms with Gasteiger partial charge in [0.25, 0.3) is 0 Å². The number of methoxy groups -OCH3 is 3. The number of aliphatic hydroxyl groups excluding tert-OH is 2. The number of carbonyl (C=O) groups is 3. The lowest BCUT2D eigenvalue weighted by Gasteiger charge is -2.36. The molecule has 10 aromatic rings. The summed E-state index contributed by atoms with van der Waals surface area (Å²) < 4.78 is 49.8. The van der Waals surface area contributed by atoms with E-state index in [0.717, 1.165) is 115 Å². The van der Waals surface area contributed by atoms with E-state index in [-0.39, 0.29) is 59.7 Å². The number of anilines is 6. The van der Waals surface area contributed by atoms with Gasteiger partial charge in [-0.2, -0.15) is 15.3 Å². The van der Waals surface area contributed by atoms with Gasteiger partial charge >= 0.3 is 5.97 Å². The van der Waals surface area contributed by atoms with E-state index < -0.39 is 17.7 Å². The van der Waals surface area contributed by atoms with Gasteiger partial charge in [-0.3, -0.25) is 19.4 Å². The van der Waals surface area contributed by atoms with Crippen molar-refractivity contribution in [1.82, 2.24) is 68.9 Å². The third-order valence-electron chi connectivity index (χ3n) is 17.9. The van der Waals surface area contributed by atoms with Gasteiger partial charge in [0.15, 0.2) is 11.6 Å². The molecular weight excluding hydrogens is 1370 g/mol. The molecule has 5 aromatic carbocycles. The normalized spacial score (nSPS) is 14.9. The Bertz CT molecular complexity index is 4740. The molecule has 4 aliphatic rings. The molecule has 0 unspecified atom stereocenters. The number of ether oxygens (including phenoxy) is 3. The number of likely N-dealkylation sites (N-methyl/N-ethyl adjacent to an activating group) is 2. The zero-order valence-electron chi connectivity index (χ0n) is 58.6. The minimum absolute atomic E-state index is 0.00945. The molecule has 30 heteroatoms. The Morgan fingerprint density at radius 2 is 1.01 bits per heavy atom. The van der Waals surface area contributed by atoms with E-state index in [1.807, 2.05) is 103 Å². The van der Waals surface area contributed by atoms with Gasteiger partial charge < -0.3 is 61.6 Å². The summed E-state index contributed by atoms with van der Waals surface area (Å²) in [5.41, 5.74) is 24.0. The number of amides is 2. The summed E-state index contributed by atoms with van der Waals surface area (Å²) in [6.45, 7) is 7.39. The lowest BCUT2D eigenvalue weighted by molar-refractivity contribution is -0.124. The minimum Gasteiger partial charge on any atom is -0.465 e. The van der Waals surface area contributed by atoms with Gasteiger partial charge in [0.1, 0.15) is 23.5 Å². The molecule has 9 N–H and O–H groups in total. The number of hydrogen-bond acceptors (Lipinski definition) is 22. The summed E-state index contributed by atoms with van der Waals surface area (Å²) in [6, 6.07) is 32.3. The number of nitrogens with zero attached hydrogens (tertiary/aromatic N) is 14. The van der Waals surface area contributed by atoms with Crippen LogP contribution in [0.3, 0.4) is 0 Å². The fourth-order valence-corrected chi connectivity index (χ4v) is 12.5. The van der Waals surface area contributed by atoms with Gasteiger partial charge in [0.05, 0.1) is 123 Å². The van der Waals surface area contributed by atoms with Crippen LogP contribution in [-0.4, -0.2) is 210 Å². The number of allylic oxidation sites excluding steroid dienone is 2. The predicted octanol–water partition coefficient (Wildman–Crippen LogP) is 7.87. The van der Waals surface area contributed by atoms with Crippen molar-refractivity contribution in [3.05, 3.63) is 238 Å². The zero-order valence-corrected chi connectivity index (χ0v) is 59.4. The van der Waals surface area contributed by atoms with Crippen LogP contribution < -0.4 is 27.4 Å². The number of nitrogen functional groups attached to an aromatic ring is 2. The number of aliphatic hydroxyl groups is 2. The average molecular weight is 1450 g/mol. The van der Waals surface area contributed by atoms with Crippen LogP contribution >= 0.6 is 11.6 Å². The number of piperazine rings is 2. The van der Waals surface area contributed by atoms with Crippen molar-refractivity contribution < 1.29 is 47.6 Å². The Kier molecular flexibility index (Phi) is 25.4. The van der Waals surface area contributed by atoms with Crippen molar-refractivity contribution in [3.63, 3.8) is 0 Å². The summed E-state index contributed by atoms with van der Waals surface area (Å²) in [6.07, 6.45) is 17.1. The summed E-state index contributed by atoms with van der Waals surface area (Å²) >= 11 is 5.88. The standard InChI is InChI=1S/C32H35FN8O3.C22H25ClFN5O2.C11H11N3O2.C10H11N3O/c1-39-11-13-40(14-12-39)29(20-44-2)31(43)37-28-8-4-7-24-25(28)9-10-26(24)30-27(33)17-34-32(38-30)36-22-16-35-41(18-22)23-6-3-5-21(15-23)19-42;1-28-8-10-29(11-9-28)19(13-31-2)21(30)26-18-5-3-4-14-15(18)6-7-16(14)20-17(24)12-25-22(23)27-20;1-16-11(15)8-3-2-4-10(5-8)14-7-9(12)6-13-14;11-9-5-12-13(6-9)10-3-1-2-8(4-10)7-14/h3-8,10,15-18,29,42H,9,11-14,19-20H2,1-2H3,(H,37,43)(H,34,36,38);3-5,7,12,19H,6,8-11,13H2,1-2H3,(H,26,30);2-7H,12H2,1H3;1-6,14H,7,11H2/t29-;19-;;/m11../s1. The molecule has 0 radical (unpaired) electrons. The molecule has 2 aliphatic heterocycles. The predicted molar refractivity (Wildman–Crippen MR) is 396 cm³/mol. The molecule has 14 rings (SSSR count). The second-order valence-electron chi connectivity index (χ2n) is 25.1. The van der Waals surface area contributed by atoms with E-state index in [0.29, 0.717) is 71.2 Å². The molecule has 546 valence electrons. The van der Waals surface area contributed by atoms with E-state index in [2.05, 4.69) is 89.6 Å². The number of rotatable bonds is 20. The quantitative estimate of drug-likeness (QED) is 0.0282. The van der Waals surface area contributed by atoms with E-state index in [1.165, 1.54) is 7.11 Å². The van der Waals surface area contributed by atoms with E-state index in [4.69, 9.17) is 37.6 Å². The molecule has 2 amide bonds. The van der Waals surface area contributed by atoms with Crippen molar-refractivity contribution in [3.8, 4) is 17.1 Å². The molecule has 2 fully saturated rings. The molecule has 5 aromatic heterocycles. The number of esters is 1. The van der Waals surface area contributed by atoms with Crippen LogP contribution in [0.2, 0.25) is 5.28 Å². The molecular formula is C75H82ClF2N19O8. The number of nitrogens with one attached hydrogen (secondary N) is 3. The number of aromatic nitrogens is 10. The Morgan fingerprint density at radius 1 is 0.562 bits per heavy atom. The van der Waals surface area contributed by atoms with E-state index in [1.54, 1.807) is 83.6 Å². The molecule has 2 atom stereocenters. The van der Waals surface area contributed by atoms with Crippen molar-refractivity contribution in [2.75, 3.05) is 128 Å². The zero-order chi connectivity index (χ0) is 74.1. The maximum absolute atomic E-state index is 15.2. The van der Waals surface area contributed by atoms with Crippen molar-refractivity contribution in [2.24, 2.45) is 0 Å². The molecule has 27 nitrogen and oxygen atoms in total. The molecule has 105 heavy (non-hydrogen) atoms. The summed E-state index contributed by atoms with van der Waals surface area (Å²) in [4.78, 5) is 63.2. The van der Waals surface area contributed by atoms with Crippen molar-refractivity contribution in [1.29, 1.82) is 0 Å². The Hall–Kier alpha value is -11.0.